The van der Waals surface area contributed by atoms with Crippen molar-refractivity contribution in [3.63, 3.8) is 0 Å². The Balaban J connectivity index is 1.70. The quantitative estimate of drug-likeness (QED) is 0.571. The van der Waals surface area contributed by atoms with Crippen molar-refractivity contribution in [2.24, 2.45) is 0 Å². The fourth-order valence-corrected chi connectivity index (χ4v) is 3.94. The van der Waals surface area contributed by atoms with Crippen LogP contribution in [0, 0.1) is 0 Å². The highest BCUT2D eigenvalue weighted by molar-refractivity contribution is 6.42. The summed E-state index contributed by atoms with van der Waals surface area (Å²) in [6.45, 7) is 4.54. The van der Waals surface area contributed by atoms with Crippen molar-refractivity contribution in [2.45, 2.75) is 25.9 Å². The maximum atomic E-state index is 6.35. The molecule has 0 bridgehead atoms. The number of rotatable bonds is 4. The molecule has 0 aliphatic carbocycles. The second-order valence-electron chi connectivity index (χ2n) is 6.38. The molecule has 2 nitrogen and oxygen atoms in total. The molecule has 6 heteroatoms. The molecular weight excluding hydrogens is 398 g/mol. The second-order valence-corrected chi connectivity index (χ2v) is 7.95. The molecule has 0 atom stereocenters. The van der Waals surface area contributed by atoms with Gasteiger partial charge in [-0.15, -0.1) is 0 Å². The van der Waals surface area contributed by atoms with Gasteiger partial charge in [-0.2, -0.15) is 0 Å². The first-order valence-electron chi connectivity index (χ1n) is 8.35. The lowest BCUT2D eigenvalue weighted by Gasteiger charge is -2.28. The van der Waals surface area contributed by atoms with Crippen LogP contribution in [0.1, 0.15) is 24.0 Å². The molecular formula is C19H20Cl4N2. The smallest absolute Gasteiger partial charge is 0.0637 e. The zero-order chi connectivity index (χ0) is 17.8. The number of halogens is 4. The van der Waals surface area contributed by atoms with Crippen LogP contribution in [0.2, 0.25) is 20.1 Å². The van der Waals surface area contributed by atoms with Gasteiger partial charge >= 0.3 is 0 Å². The van der Waals surface area contributed by atoms with E-state index in [1.807, 2.05) is 36.4 Å². The molecule has 2 aromatic carbocycles. The Morgan fingerprint density at radius 1 is 0.680 bits per heavy atom. The van der Waals surface area contributed by atoms with E-state index in [9.17, 15) is 0 Å². The first-order chi connectivity index (χ1) is 12.0. The van der Waals surface area contributed by atoms with Crippen molar-refractivity contribution < 1.29 is 0 Å². The van der Waals surface area contributed by atoms with Gasteiger partial charge in [0.1, 0.15) is 0 Å². The zero-order valence-corrected chi connectivity index (χ0v) is 16.8. The molecule has 25 heavy (non-hydrogen) atoms. The number of hydrogen-bond donors (Lipinski definition) is 0. The lowest BCUT2D eigenvalue weighted by molar-refractivity contribution is 0.143. The highest BCUT2D eigenvalue weighted by Crippen LogP contribution is 2.29. The highest BCUT2D eigenvalue weighted by atomic mass is 35.5. The van der Waals surface area contributed by atoms with E-state index < -0.39 is 0 Å². The standard InChI is InChI=1S/C19H20Cl4N2/c20-16-7-3-5-14(18(16)22)11-24-9-1-2-10-25(13-24)12-15-6-4-8-17(21)19(15)23/h3-8H,1-2,9-13H2. The third-order valence-corrected chi connectivity index (χ3v) is 6.17. The molecule has 1 aliphatic heterocycles. The van der Waals surface area contributed by atoms with Crippen LogP contribution in [0.5, 0.6) is 0 Å². The zero-order valence-electron chi connectivity index (χ0n) is 13.8. The molecule has 0 saturated carbocycles. The third-order valence-electron chi connectivity index (χ3n) is 4.45. The largest absolute Gasteiger partial charge is 0.286 e. The van der Waals surface area contributed by atoms with Crippen LogP contribution in [-0.2, 0) is 13.1 Å². The molecule has 0 radical (unpaired) electrons. The fraction of sp³-hybridized carbons (Fsp3) is 0.368. The molecule has 1 saturated heterocycles. The second kappa shape index (κ2) is 8.94. The van der Waals surface area contributed by atoms with Crippen molar-refractivity contribution in [3.8, 4) is 0 Å². The third kappa shape index (κ3) is 5.03. The molecule has 3 rings (SSSR count). The van der Waals surface area contributed by atoms with E-state index in [0.717, 1.165) is 56.8 Å². The lowest BCUT2D eigenvalue weighted by Crippen LogP contribution is -2.35. The van der Waals surface area contributed by atoms with E-state index >= 15 is 0 Å². The average molecular weight is 418 g/mol. The van der Waals surface area contributed by atoms with Gasteiger partial charge in [-0.05, 0) is 49.2 Å². The van der Waals surface area contributed by atoms with Crippen molar-refractivity contribution in [1.29, 1.82) is 0 Å². The van der Waals surface area contributed by atoms with Gasteiger partial charge in [0.05, 0.1) is 26.8 Å². The molecule has 0 spiro atoms. The lowest BCUT2D eigenvalue weighted by atomic mass is 10.2. The van der Waals surface area contributed by atoms with Gasteiger partial charge in [-0.25, -0.2) is 0 Å². The van der Waals surface area contributed by atoms with Crippen molar-refractivity contribution in [2.75, 3.05) is 19.8 Å². The Morgan fingerprint density at radius 2 is 1.12 bits per heavy atom. The number of benzene rings is 2. The van der Waals surface area contributed by atoms with Crippen LogP contribution in [0.15, 0.2) is 36.4 Å². The van der Waals surface area contributed by atoms with Gasteiger partial charge in [0, 0.05) is 13.1 Å². The van der Waals surface area contributed by atoms with Crippen LogP contribution in [0.25, 0.3) is 0 Å². The molecule has 1 aliphatic rings. The maximum absolute atomic E-state index is 6.35. The van der Waals surface area contributed by atoms with Crippen molar-refractivity contribution >= 4 is 46.4 Å². The van der Waals surface area contributed by atoms with Gasteiger partial charge in [0.25, 0.3) is 0 Å². The van der Waals surface area contributed by atoms with Crippen molar-refractivity contribution in [1.82, 2.24) is 9.80 Å². The van der Waals surface area contributed by atoms with Crippen LogP contribution >= 0.6 is 46.4 Å². The maximum Gasteiger partial charge on any atom is 0.0637 e. The van der Waals surface area contributed by atoms with Crippen LogP contribution in [0.3, 0.4) is 0 Å². The topological polar surface area (TPSA) is 6.48 Å². The summed E-state index contributed by atoms with van der Waals surface area (Å²) in [7, 11) is 0. The molecule has 1 fully saturated rings. The van der Waals surface area contributed by atoms with Gasteiger partial charge in [0.2, 0.25) is 0 Å². The monoisotopic (exact) mass is 416 g/mol. The Bertz CT molecular complexity index is 674. The Morgan fingerprint density at radius 3 is 1.56 bits per heavy atom. The van der Waals surface area contributed by atoms with Gasteiger partial charge in [-0.1, -0.05) is 70.7 Å². The molecule has 0 unspecified atom stereocenters. The summed E-state index contributed by atoms with van der Waals surface area (Å²) in [5, 5.41) is 2.52. The highest BCUT2D eigenvalue weighted by Gasteiger charge is 2.18. The first kappa shape index (κ1) is 19.3. The predicted octanol–water partition coefficient (Wildman–Crippen LogP) is 6.36. The van der Waals surface area contributed by atoms with E-state index in [4.69, 9.17) is 46.4 Å². The fourth-order valence-electron chi connectivity index (χ4n) is 3.18. The Hall–Kier alpha value is -0.480. The van der Waals surface area contributed by atoms with Crippen molar-refractivity contribution in [3.05, 3.63) is 67.6 Å². The minimum Gasteiger partial charge on any atom is -0.286 e. The minimum atomic E-state index is 0.608. The van der Waals surface area contributed by atoms with E-state index in [1.54, 1.807) is 0 Å². The molecule has 0 N–H and O–H groups in total. The van der Waals surface area contributed by atoms with Gasteiger partial charge in [0.15, 0.2) is 0 Å². The van der Waals surface area contributed by atoms with Crippen LogP contribution in [0.4, 0.5) is 0 Å². The minimum absolute atomic E-state index is 0.608. The predicted molar refractivity (Wildman–Crippen MR) is 108 cm³/mol. The summed E-state index contributed by atoms with van der Waals surface area (Å²) in [5.41, 5.74) is 2.13. The summed E-state index contributed by atoms with van der Waals surface area (Å²) in [6, 6.07) is 11.6. The molecule has 134 valence electrons. The SMILES string of the molecule is Clc1cccc(CN2CCCCN(Cc3cccc(Cl)c3Cl)C2)c1Cl. The summed E-state index contributed by atoms with van der Waals surface area (Å²) in [4.78, 5) is 4.81. The normalized spacial score (nSPS) is 16.8. The molecule has 0 aromatic heterocycles. The average Bonchev–Trinajstić information content (AvgIpc) is 2.81. The van der Waals surface area contributed by atoms with Crippen LogP contribution in [-0.4, -0.2) is 29.6 Å². The van der Waals surface area contributed by atoms with Gasteiger partial charge < -0.3 is 0 Å². The first-order valence-corrected chi connectivity index (χ1v) is 9.86. The summed E-state index contributed by atoms with van der Waals surface area (Å²) >= 11 is 25.0. The van der Waals surface area contributed by atoms with E-state index in [0.29, 0.717) is 20.1 Å². The van der Waals surface area contributed by atoms with E-state index in [-0.39, 0.29) is 0 Å². The van der Waals surface area contributed by atoms with E-state index in [2.05, 4.69) is 9.80 Å². The Kier molecular flexibility index (Phi) is 6.90. The summed E-state index contributed by atoms with van der Waals surface area (Å²) in [5.74, 6) is 0. The Labute approximate surface area is 169 Å². The van der Waals surface area contributed by atoms with E-state index in [1.165, 1.54) is 0 Å². The van der Waals surface area contributed by atoms with Crippen LogP contribution < -0.4 is 0 Å². The summed E-state index contributed by atoms with van der Waals surface area (Å²) < 4.78 is 0. The van der Waals surface area contributed by atoms with Gasteiger partial charge in [-0.3, -0.25) is 9.80 Å². The molecule has 0 amide bonds. The number of nitrogens with zero attached hydrogens (tertiary/aromatic N) is 2. The molecule has 2 aromatic rings. The molecule has 1 heterocycles. The summed E-state index contributed by atoms with van der Waals surface area (Å²) in [6.07, 6.45) is 2.33. The number of hydrogen-bond acceptors (Lipinski definition) is 2.